The highest BCUT2D eigenvalue weighted by Gasteiger charge is 2.55. The van der Waals surface area contributed by atoms with Gasteiger partial charge in [-0.15, -0.1) is 0 Å². The Morgan fingerprint density at radius 1 is 1.30 bits per heavy atom. The zero-order valence-corrected chi connectivity index (χ0v) is 20.3. The molecule has 2 aromatic rings. The summed E-state index contributed by atoms with van der Waals surface area (Å²) in [5, 5.41) is 10.1. The molecule has 10 N–H and O–H groups in total. The van der Waals surface area contributed by atoms with Crippen molar-refractivity contribution < 1.29 is 67.8 Å². The Morgan fingerprint density at radius 3 is 2.54 bits per heavy atom. The molecule has 6 atom stereocenters. The van der Waals surface area contributed by atoms with E-state index in [9.17, 15) is 42.2 Å². The molecule has 2 aromatic heterocycles. The lowest BCUT2D eigenvalue weighted by Gasteiger charge is -2.28. The van der Waals surface area contributed by atoms with Gasteiger partial charge in [0.15, 0.2) is 23.2 Å². The summed E-state index contributed by atoms with van der Waals surface area (Å²) in [4.78, 5) is 54.1. The van der Waals surface area contributed by atoms with E-state index in [0.29, 0.717) is 10.8 Å². The molecule has 18 nitrogen and oxygen atoms in total. The number of alkyl halides is 1. The van der Waals surface area contributed by atoms with Crippen molar-refractivity contribution in [3.8, 4) is 11.8 Å². The maximum Gasteiger partial charge on any atom is 0.490 e. The molecule has 0 bridgehead atoms. The van der Waals surface area contributed by atoms with E-state index < -0.39 is 89.0 Å². The predicted octanol–water partition coefficient (Wildman–Crippen LogP) is -1.28. The van der Waals surface area contributed by atoms with Crippen LogP contribution in [0.25, 0.3) is 11.0 Å². The number of nitrogens with zero attached hydrogens (tertiary/aromatic N) is 2. The summed E-state index contributed by atoms with van der Waals surface area (Å²) >= 11 is 0. The van der Waals surface area contributed by atoms with Crippen LogP contribution < -0.4 is 17.0 Å². The topological polar surface area (TPSA) is 292 Å². The number of aromatic amines is 1. The molecule has 37 heavy (non-hydrogen) atoms. The monoisotopic (exact) mass is 597 g/mol. The summed E-state index contributed by atoms with van der Waals surface area (Å²) in [7, 11) is -18.0. The summed E-state index contributed by atoms with van der Waals surface area (Å²) in [6.45, 7) is -5.10. The zero-order chi connectivity index (χ0) is 29.8. The number of phosphoric ester groups is 1. The molecule has 0 amide bonds. The van der Waals surface area contributed by atoms with Crippen molar-refractivity contribution in [1.82, 2.24) is 14.5 Å². The van der Waals surface area contributed by atoms with E-state index >= 15 is 0 Å². The van der Waals surface area contributed by atoms with Crippen LogP contribution in [-0.4, -0.2) is 70.2 Å². The standard InChI is InChI=1S/C14H18F2N5O13P3/c15-3-1-2-14(18)9(22)7(5-31-36(27,28)34-37(29,30)33-35(24,25)26)32-12(14)21-4-6(16)8-10(21)19-13(17)20-11(8)23/h4,7,9,12,22H,3,5,18H2,(H,27,28)(H,29,30)(H2,24,25,26)(H3,17,19,20,23)/t7-,9+,12-,14?/m1/s1/i5D2. The van der Waals surface area contributed by atoms with Gasteiger partial charge in [-0.25, -0.2) is 22.5 Å². The smallest absolute Gasteiger partial charge is 0.387 e. The quantitative estimate of drug-likeness (QED) is 0.130. The number of halogens is 2. The Morgan fingerprint density at radius 2 is 1.95 bits per heavy atom. The maximum atomic E-state index is 14.6. The Balaban J connectivity index is 2.05. The number of aromatic nitrogens is 3. The summed E-state index contributed by atoms with van der Waals surface area (Å²) in [5.74, 6) is 2.16. The first kappa shape index (κ1) is 26.5. The van der Waals surface area contributed by atoms with Gasteiger partial charge in [0.25, 0.3) is 5.56 Å². The van der Waals surface area contributed by atoms with Crippen LogP contribution in [0.5, 0.6) is 0 Å². The SMILES string of the molecule is [2H]C([2H])(OP(=O)(O)OP(=O)(O)OP(=O)(O)O)[C@H]1O[C@@H](n2cc(F)c3c(=O)[nH]c(N)nc32)C(N)(C#CCF)[C@H]1O. The number of nitrogens with one attached hydrogen (secondary N) is 1. The van der Waals surface area contributed by atoms with Crippen LogP contribution in [0.1, 0.15) is 8.97 Å². The Kier molecular flexibility index (Phi) is 7.35. The normalized spacial score (nSPS) is 28.6. The fraction of sp³-hybridized carbons (Fsp3) is 0.429. The number of rotatable bonds is 8. The van der Waals surface area contributed by atoms with Gasteiger partial charge in [0.2, 0.25) is 5.95 Å². The number of ether oxygens (including phenoxy) is 1. The summed E-state index contributed by atoms with van der Waals surface area (Å²) in [5.41, 5.74) is 7.35. The number of anilines is 1. The molecular weight excluding hydrogens is 577 g/mol. The van der Waals surface area contributed by atoms with E-state index in [1.165, 1.54) is 0 Å². The minimum Gasteiger partial charge on any atom is -0.387 e. The van der Waals surface area contributed by atoms with Crippen LogP contribution in [-0.2, 0) is 31.6 Å². The van der Waals surface area contributed by atoms with E-state index in [1.807, 2.05) is 10.9 Å². The van der Waals surface area contributed by atoms with Gasteiger partial charge in [-0.05, 0) is 0 Å². The number of phosphoric acid groups is 3. The summed E-state index contributed by atoms with van der Waals surface area (Å²) < 4.78 is 95.0. The van der Waals surface area contributed by atoms with E-state index in [4.69, 9.17) is 28.7 Å². The molecule has 0 aromatic carbocycles. The van der Waals surface area contributed by atoms with Crippen molar-refractivity contribution in [2.45, 2.75) is 24.0 Å². The molecule has 206 valence electrons. The zero-order valence-electron chi connectivity index (χ0n) is 19.7. The van der Waals surface area contributed by atoms with Crippen LogP contribution in [0, 0.1) is 17.7 Å². The molecule has 1 aliphatic heterocycles. The average Bonchev–Trinajstić information content (AvgIpc) is 3.17. The molecule has 0 saturated carbocycles. The fourth-order valence-corrected chi connectivity index (χ4v) is 6.03. The third kappa shape index (κ3) is 6.50. The Hall–Kier alpha value is -2.07. The van der Waals surface area contributed by atoms with Gasteiger partial charge < -0.3 is 40.9 Å². The van der Waals surface area contributed by atoms with Crippen molar-refractivity contribution in [3.05, 3.63) is 22.4 Å². The van der Waals surface area contributed by atoms with Crippen LogP contribution in [0.15, 0.2) is 11.0 Å². The Labute approximate surface area is 206 Å². The van der Waals surface area contributed by atoms with E-state index in [2.05, 4.69) is 24.0 Å². The summed E-state index contributed by atoms with van der Waals surface area (Å²) in [6, 6.07) is 0. The number of H-pyrrole nitrogens is 1. The number of aliphatic hydroxyl groups excluding tert-OH is 1. The molecule has 3 unspecified atom stereocenters. The van der Waals surface area contributed by atoms with Crippen molar-refractivity contribution >= 4 is 40.4 Å². The van der Waals surface area contributed by atoms with Crippen LogP contribution in [0.2, 0.25) is 0 Å². The first-order chi connectivity index (χ1) is 17.6. The van der Waals surface area contributed by atoms with Gasteiger partial charge in [-0.3, -0.25) is 18.9 Å². The maximum absolute atomic E-state index is 14.6. The van der Waals surface area contributed by atoms with Gasteiger partial charge >= 0.3 is 23.5 Å². The lowest BCUT2D eigenvalue weighted by atomic mass is 9.91. The summed E-state index contributed by atoms with van der Waals surface area (Å²) in [6.07, 6.45) is -6.39. The molecule has 3 rings (SSSR count). The van der Waals surface area contributed by atoms with Crippen LogP contribution >= 0.6 is 23.5 Å². The number of hydrogen-bond acceptors (Lipinski definition) is 12. The third-order valence-corrected chi connectivity index (χ3v) is 8.10. The first-order valence-corrected chi connectivity index (χ1v) is 13.7. The van der Waals surface area contributed by atoms with Crippen molar-refractivity contribution in [1.29, 1.82) is 0 Å². The highest BCUT2D eigenvalue weighted by Crippen LogP contribution is 2.66. The Bertz CT molecular complexity index is 1560. The van der Waals surface area contributed by atoms with Gasteiger partial charge in [0, 0.05) is 6.20 Å². The van der Waals surface area contributed by atoms with Crippen molar-refractivity contribution in [2.75, 3.05) is 19.0 Å². The minimum absolute atomic E-state index is 0.526. The number of hydrogen-bond donors (Lipinski definition) is 8. The van der Waals surface area contributed by atoms with E-state index in [-0.39, 0.29) is 0 Å². The molecule has 0 radical (unpaired) electrons. The molecule has 1 saturated heterocycles. The third-order valence-electron chi connectivity index (χ3n) is 4.44. The number of fused-ring (bicyclic) bond motifs is 1. The van der Waals surface area contributed by atoms with Crippen molar-refractivity contribution in [2.24, 2.45) is 5.73 Å². The van der Waals surface area contributed by atoms with Crippen molar-refractivity contribution in [3.63, 3.8) is 0 Å². The van der Waals surface area contributed by atoms with Crippen LogP contribution in [0.4, 0.5) is 14.7 Å². The highest BCUT2D eigenvalue weighted by atomic mass is 31.3. The molecule has 3 heterocycles. The van der Waals surface area contributed by atoms with Gasteiger partial charge in [-0.2, -0.15) is 13.6 Å². The number of nitrogens with two attached hydrogens (primary N) is 2. The second-order valence-corrected chi connectivity index (χ2v) is 11.4. The largest absolute Gasteiger partial charge is 0.490 e. The van der Waals surface area contributed by atoms with Gasteiger partial charge in [0.05, 0.1) is 9.30 Å². The fourth-order valence-electron chi connectivity index (χ4n) is 3.15. The molecular formula is C14H18F2N5O13P3. The highest BCUT2D eigenvalue weighted by molar-refractivity contribution is 7.66. The molecule has 1 fully saturated rings. The predicted molar refractivity (Wildman–Crippen MR) is 115 cm³/mol. The van der Waals surface area contributed by atoms with E-state index in [0.717, 1.165) is 0 Å². The minimum atomic E-state index is -6.13. The average molecular weight is 597 g/mol. The lowest BCUT2D eigenvalue weighted by molar-refractivity contribution is -0.0437. The second-order valence-electron chi connectivity index (χ2n) is 7.06. The molecule has 0 spiro atoms. The van der Waals surface area contributed by atoms with Gasteiger partial charge in [-0.1, -0.05) is 11.8 Å². The lowest BCUT2D eigenvalue weighted by Crippen LogP contribution is -2.53. The molecule has 1 aliphatic rings. The second kappa shape index (κ2) is 10.2. The van der Waals surface area contributed by atoms with Gasteiger partial charge in [0.1, 0.15) is 24.3 Å². The number of aliphatic hydroxyl groups is 1. The number of nitrogen functional groups attached to an aromatic ring is 1. The molecule has 0 aliphatic carbocycles. The first-order valence-electron chi connectivity index (χ1n) is 10.2. The molecule has 23 heteroatoms. The van der Waals surface area contributed by atoms with E-state index in [1.54, 1.807) is 0 Å². The van der Waals surface area contributed by atoms with Crippen LogP contribution in [0.3, 0.4) is 0 Å².